The van der Waals surface area contributed by atoms with Crippen molar-refractivity contribution in [2.24, 2.45) is 5.73 Å². The van der Waals surface area contributed by atoms with E-state index in [0.717, 1.165) is 52.6 Å². The van der Waals surface area contributed by atoms with Gasteiger partial charge < -0.3 is 57.0 Å². The second kappa shape index (κ2) is 31.6. The number of aromatic amines is 2. The molecular weight excluding hydrogens is 961 g/mol. The minimum absolute atomic E-state index is 0. The fourth-order valence-electron chi connectivity index (χ4n) is 8.19. The number of amides is 1. The van der Waals surface area contributed by atoms with Gasteiger partial charge in [-0.05, 0) is 86.9 Å². The SMILES string of the molecule is C=CC1=C(C)c2cc3nc(c(CC(=O)N[C@@H](CC(=O)O)C(=O)O)c4[nH]c(cc5[nH]c(cc1n2)c(C)c5CC)c(C)c4C(=O)O)[C@@H](CCC(=O)O)[C@@H]3C.CCCCCOC(=O)C(N)CCC(=O)O.[H-].[H-].[H-].[H-].[Na+].[Na+].[Na+].[Na+]. The number of carboxylic acids is 5. The van der Waals surface area contributed by atoms with Gasteiger partial charge in [-0.25, -0.2) is 14.6 Å². The minimum atomic E-state index is -1.76. The molecule has 0 spiro atoms. The zero-order valence-electron chi connectivity index (χ0n) is 46.6. The van der Waals surface area contributed by atoms with Gasteiger partial charge in [-0.3, -0.25) is 29.0 Å². The van der Waals surface area contributed by atoms with E-state index >= 15 is 0 Å². The average molecular weight is 1030 g/mol. The van der Waals surface area contributed by atoms with E-state index in [1.807, 2.05) is 33.8 Å². The van der Waals surface area contributed by atoms with Gasteiger partial charge in [-0.2, -0.15) is 0 Å². The predicted molar refractivity (Wildman–Crippen MR) is 253 cm³/mol. The molecule has 8 bridgehead atoms. The maximum absolute atomic E-state index is 13.6. The number of aryl methyl sites for hydroxylation is 3. The molecule has 0 fully saturated rings. The van der Waals surface area contributed by atoms with Crippen LogP contribution < -0.4 is 129 Å². The standard InChI is InChI=1S/C38H41N5O9.C10H19NO4.4Na.4H/c1-7-20-16(3)24-12-26-18(5)22(9-10-32(45)46)35(42-26)23(11-31(44)41-30(37(49)50)15-33(47)48)36-34(38(51)52)19(6)27(43-36)14-29-21(8-2)17(4)25(40-29)13-28(20)39-24;1-2-3-4-7-15-10(14)8(11)5-6-9(12)13;;;;;;;;/h7,12-14,18,22,30,40,43H,1,8-11,15H2,2-6H3,(H,41,44)(H,45,46)(H,47,48)(H,49,50)(H,51,52);8H,2-7,11H2,1H3,(H,12,13);;;;;;;;/q;;4*+1;4*-1/t18-,22-,30-;;;;;;;;;/m0........./s1. The molecule has 3 aromatic rings. The number of H-pyrrole nitrogens is 2. The number of fused-ring (bicyclic) bond motifs is 8. The molecule has 0 saturated heterocycles. The second-order valence-electron chi connectivity index (χ2n) is 16.6. The third-order valence-electron chi connectivity index (χ3n) is 11.9. The molecule has 71 heavy (non-hydrogen) atoms. The Morgan fingerprint density at radius 1 is 0.831 bits per heavy atom. The number of esters is 1. The van der Waals surface area contributed by atoms with Gasteiger partial charge in [0.1, 0.15) is 12.1 Å². The number of aliphatic carboxylic acids is 4. The van der Waals surface area contributed by atoms with Crippen LogP contribution >= 0.6 is 0 Å². The van der Waals surface area contributed by atoms with Crippen molar-refractivity contribution in [1.29, 1.82) is 0 Å². The smallest absolute Gasteiger partial charge is 1.00 e. The van der Waals surface area contributed by atoms with Crippen molar-refractivity contribution in [2.75, 3.05) is 6.61 Å². The monoisotopic (exact) mass is 1020 g/mol. The summed E-state index contributed by atoms with van der Waals surface area (Å²) in [5.74, 6) is -8.73. The molecule has 23 heteroatoms. The maximum Gasteiger partial charge on any atom is 1.00 e. The number of allylic oxidation sites excluding steroid dienone is 3. The van der Waals surface area contributed by atoms with Crippen LogP contribution in [0.2, 0.25) is 0 Å². The summed E-state index contributed by atoms with van der Waals surface area (Å²) in [4.78, 5) is 99.7. The van der Waals surface area contributed by atoms with Gasteiger partial charge in [-0.15, -0.1) is 0 Å². The fraction of sp³-hybridized carbons (Fsp3) is 0.438. The molecule has 2 aliphatic heterocycles. The molecule has 1 unspecified atom stereocenters. The quantitative estimate of drug-likeness (QED) is 0.0291. The summed E-state index contributed by atoms with van der Waals surface area (Å²) in [6, 6.07) is 2.95. The van der Waals surface area contributed by atoms with Gasteiger partial charge in [0.2, 0.25) is 5.91 Å². The predicted octanol–water partition coefficient (Wildman–Crippen LogP) is -4.97. The molecule has 368 valence electrons. The van der Waals surface area contributed by atoms with Crippen LogP contribution in [0.5, 0.6) is 0 Å². The van der Waals surface area contributed by atoms with Crippen molar-refractivity contribution in [3.63, 3.8) is 0 Å². The van der Waals surface area contributed by atoms with Crippen LogP contribution in [0.4, 0.5) is 0 Å². The number of aromatic nitrogens is 4. The van der Waals surface area contributed by atoms with E-state index in [2.05, 4.69) is 28.8 Å². The summed E-state index contributed by atoms with van der Waals surface area (Å²) in [5, 5.41) is 49.8. The molecule has 0 radical (unpaired) electrons. The fourth-order valence-corrected chi connectivity index (χ4v) is 8.19. The number of hydrogen-bond donors (Lipinski definition) is 9. The summed E-state index contributed by atoms with van der Waals surface area (Å²) >= 11 is 0. The Kier molecular flexibility index (Phi) is 30.2. The molecule has 10 N–H and O–H groups in total. The van der Waals surface area contributed by atoms with E-state index in [-0.39, 0.29) is 172 Å². The van der Waals surface area contributed by atoms with Crippen LogP contribution in [0.3, 0.4) is 0 Å². The Balaban J connectivity index is -0.000000623. The van der Waals surface area contributed by atoms with Gasteiger partial charge in [-0.1, -0.05) is 46.3 Å². The average Bonchev–Trinajstić information content (AvgIpc) is 3.94. The molecule has 2 aliphatic rings. The number of ether oxygens (including phenoxy) is 1. The molecule has 0 aliphatic carbocycles. The first-order valence-corrected chi connectivity index (χ1v) is 22.1. The normalized spacial score (nSPS) is 14.3. The van der Waals surface area contributed by atoms with Crippen LogP contribution in [-0.2, 0) is 46.3 Å². The number of rotatable bonds is 20. The first kappa shape index (κ1) is 67.8. The minimum Gasteiger partial charge on any atom is -1.00 e. The molecular formula is C48H64N6Na4O13. The van der Waals surface area contributed by atoms with Crippen molar-refractivity contribution in [1.82, 2.24) is 25.3 Å². The molecule has 0 aromatic carbocycles. The van der Waals surface area contributed by atoms with E-state index in [1.54, 1.807) is 25.1 Å². The number of carbonyl (C=O) groups excluding carboxylic acids is 2. The van der Waals surface area contributed by atoms with Crippen molar-refractivity contribution in [2.45, 2.75) is 130 Å². The van der Waals surface area contributed by atoms with Gasteiger partial charge >= 0.3 is 154 Å². The number of nitrogens with one attached hydrogen (secondary N) is 3. The molecule has 5 heterocycles. The largest absolute Gasteiger partial charge is 1.00 e. The molecule has 4 atom stereocenters. The molecule has 5 rings (SSSR count). The number of carbonyl (C=O) groups is 7. The Morgan fingerprint density at radius 2 is 1.46 bits per heavy atom. The third-order valence-corrected chi connectivity index (χ3v) is 11.9. The van der Waals surface area contributed by atoms with Gasteiger partial charge in [0.25, 0.3) is 0 Å². The van der Waals surface area contributed by atoms with E-state index < -0.39 is 78.5 Å². The summed E-state index contributed by atoms with van der Waals surface area (Å²) < 4.78 is 4.88. The van der Waals surface area contributed by atoms with Crippen molar-refractivity contribution in [3.8, 4) is 0 Å². The number of carboxylic acid groups (broad SMARTS) is 5. The van der Waals surface area contributed by atoms with Crippen LogP contribution in [0.1, 0.15) is 152 Å². The summed E-state index contributed by atoms with van der Waals surface area (Å²) in [6.45, 7) is 15.8. The number of unbranched alkanes of at least 4 members (excludes halogenated alkanes) is 2. The van der Waals surface area contributed by atoms with Crippen LogP contribution in [-0.4, -0.2) is 106 Å². The molecule has 0 saturated carbocycles. The molecule has 19 nitrogen and oxygen atoms in total. The van der Waals surface area contributed by atoms with E-state index in [1.165, 1.54) is 0 Å². The summed E-state index contributed by atoms with van der Waals surface area (Å²) in [6.07, 6.45) is 3.65. The first-order valence-electron chi connectivity index (χ1n) is 22.1. The summed E-state index contributed by atoms with van der Waals surface area (Å²) in [5.41, 5.74) is 13.4. The Labute approximate surface area is 506 Å². The Morgan fingerprint density at radius 3 is 2.01 bits per heavy atom. The third kappa shape index (κ3) is 18.0. The van der Waals surface area contributed by atoms with Crippen molar-refractivity contribution in [3.05, 3.63) is 81.4 Å². The van der Waals surface area contributed by atoms with Crippen molar-refractivity contribution < 1.29 is 188 Å². The number of nitrogens with zero attached hydrogens (tertiary/aromatic N) is 2. The zero-order chi connectivity index (χ0) is 49.9. The van der Waals surface area contributed by atoms with Crippen LogP contribution in [0, 0.1) is 13.8 Å². The number of aromatic carboxylic acids is 1. The first-order chi connectivity index (χ1) is 31.6. The zero-order valence-corrected chi connectivity index (χ0v) is 50.6. The van der Waals surface area contributed by atoms with Crippen LogP contribution in [0.15, 0.2) is 30.9 Å². The topological polar surface area (TPSA) is 325 Å². The van der Waals surface area contributed by atoms with E-state index in [0.29, 0.717) is 41.2 Å². The van der Waals surface area contributed by atoms with Gasteiger partial charge in [0.15, 0.2) is 0 Å². The number of nitrogens with two attached hydrogens (primary N) is 1. The molecule has 1 amide bonds. The Bertz CT molecular complexity index is 2690. The Hall–Kier alpha value is -3.15. The second-order valence-corrected chi connectivity index (χ2v) is 16.6. The maximum atomic E-state index is 13.6. The van der Waals surface area contributed by atoms with Gasteiger partial charge in [0, 0.05) is 58.1 Å². The van der Waals surface area contributed by atoms with E-state index in [4.69, 9.17) is 25.5 Å². The van der Waals surface area contributed by atoms with Crippen molar-refractivity contribution >= 4 is 74.9 Å². The van der Waals surface area contributed by atoms with Gasteiger partial charge in [0.05, 0.1) is 47.6 Å². The van der Waals surface area contributed by atoms with E-state index in [9.17, 15) is 54.0 Å². The summed E-state index contributed by atoms with van der Waals surface area (Å²) in [7, 11) is 0. The number of hydrogen-bond acceptors (Lipinski definition) is 11. The molecule has 3 aromatic heterocycles. The van der Waals surface area contributed by atoms with Crippen LogP contribution in [0.25, 0.3) is 33.2 Å².